The third kappa shape index (κ3) is 5.71. The topological polar surface area (TPSA) is 59.0 Å². The van der Waals surface area contributed by atoms with Crippen molar-refractivity contribution in [2.75, 3.05) is 26.3 Å². The Morgan fingerprint density at radius 1 is 1.27 bits per heavy atom. The van der Waals surface area contributed by atoms with Crippen molar-refractivity contribution in [2.45, 2.75) is 72.0 Å². The number of carbonyl (C=O) groups excluding carboxylic acids is 1. The quantitative estimate of drug-likeness (QED) is 0.745. The van der Waals surface area contributed by atoms with Crippen molar-refractivity contribution in [2.24, 2.45) is 17.8 Å². The molecule has 1 fully saturated rings. The van der Waals surface area contributed by atoms with Crippen LogP contribution < -0.4 is 0 Å². The number of nitrogens with zero attached hydrogens (tertiary/aromatic N) is 1. The number of hydrogen-bond donors (Lipinski definition) is 1. The Kier molecular flexibility index (Phi) is 8.93. The Bertz CT molecular complexity index is 455. The van der Waals surface area contributed by atoms with E-state index in [0.717, 1.165) is 38.8 Å². The number of aliphatic hydroxyl groups excluding tert-OH is 1. The van der Waals surface area contributed by atoms with Crippen molar-refractivity contribution in [1.82, 2.24) is 4.90 Å². The van der Waals surface area contributed by atoms with Crippen LogP contribution in [0.1, 0.15) is 65.7 Å². The van der Waals surface area contributed by atoms with E-state index in [1.807, 2.05) is 17.9 Å². The number of aliphatic hydroxyl groups is 1. The summed E-state index contributed by atoms with van der Waals surface area (Å²) in [7, 11) is 0. The molecule has 5 heteroatoms. The summed E-state index contributed by atoms with van der Waals surface area (Å²) in [4.78, 5) is 15.1. The highest BCUT2D eigenvalue weighted by atomic mass is 16.7. The van der Waals surface area contributed by atoms with Gasteiger partial charge >= 0.3 is 0 Å². The van der Waals surface area contributed by atoms with E-state index >= 15 is 0 Å². The number of rotatable bonds is 7. The van der Waals surface area contributed by atoms with E-state index in [-0.39, 0.29) is 24.3 Å². The molecule has 2 aliphatic heterocycles. The Hall–Kier alpha value is -1.07. The second kappa shape index (κ2) is 10.9. The smallest absolute Gasteiger partial charge is 0.288 e. The summed E-state index contributed by atoms with van der Waals surface area (Å²) >= 11 is 0. The Morgan fingerprint density at radius 2 is 1.92 bits per heavy atom. The average molecular weight is 368 g/mol. The fraction of sp³-hybridized carbons (Fsp3) is 0.857. The normalized spacial score (nSPS) is 27.5. The van der Waals surface area contributed by atoms with Crippen molar-refractivity contribution >= 4 is 5.91 Å². The second-order valence-electron chi connectivity index (χ2n) is 7.88. The van der Waals surface area contributed by atoms with Gasteiger partial charge in [-0.2, -0.15) is 0 Å². The summed E-state index contributed by atoms with van der Waals surface area (Å²) in [6.07, 6.45) is 9.00. The van der Waals surface area contributed by atoms with Crippen molar-refractivity contribution in [3.63, 3.8) is 0 Å². The molecule has 1 saturated heterocycles. The van der Waals surface area contributed by atoms with Crippen molar-refractivity contribution in [1.29, 1.82) is 0 Å². The monoisotopic (exact) mass is 367 g/mol. The standard InChI is InChI=1S/C21H37NO4/c1-4-25-21-17(11-10-14-23)18(16(2)3)15-19(26-21)20(24)22-12-8-6-5-7-9-13-22/h15-18,21,23H,4-14H2,1-3H3. The molecule has 0 radical (unpaired) electrons. The first-order chi connectivity index (χ1) is 12.6. The summed E-state index contributed by atoms with van der Waals surface area (Å²) in [5.41, 5.74) is 0. The van der Waals surface area contributed by atoms with Crippen LogP contribution in [0.2, 0.25) is 0 Å². The number of likely N-dealkylation sites (tertiary alicyclic amines) is 1. The van der Waals surface area contributed by atoms with Crippen molar-refractivity contribution < 1.29 is 19.4 Å². The van der Waals surface area contributed by atoms with Gasteiger partial charge in [0.2, 0.25) is 6.29 Å². The van der Waals surface area contributed by atoms with Gasteiger partial charge in [-0.3, -0.25) is 4.79 Å². The van der Waals surface area contributed by atoms with Crippen LogP contribution in [0.25, 0.3) is 0 Å². The number of carbonyl (C=O) groups is 1. The molecule has 0 spiro atoms. The minimum absolute atomic E-state index is 0.0165. The van der Waals surface area contributed by atoms with E-state index in [1.54, 1.807) is 0 Å². The molecule has 5 nitrogen and oxygen atoms in total. The highest BCUT2D eigenvalue weighted by Gasteiger charge is 2.39. The number of hydrogen-bond acceptors (Lipinski definition) is 4. The Morgan fingerprint density at radius 3 is 2.50 bits per heavy atom. The van der Waals surface area contributed by atoms with E-state index in [1.165, 1.54) is 19.3 Å². The SMILES string of the molecule is CCOC1OC(C(=O)N2CCCCCCC2)=CC(C(C)C)C1CCCO. The fourth-order valence-corrected chi connectivity index (χ4v) is 4.12. The Labute approximate surface area is 158 Å². The molecule has 2 rings (SSSR count). The van der Waals surface area contributed by atoms with Crippen LogP contribution in [0.3, 0.4) is 0 Å². The molecule has 1 amide bonds. The van der Waals surface area contributed by atoms with Gasteiger partial charge in [0.05, 0.1) is 0 Å². The van der Waals surface area contributed by atoms with Gasteiger partial charge in [-0.25, -0.2) is 0 Å². The highest BCUT2D eigenvalue weighted by Crippen LogP contribution is 2.37. The molecule has 3 atom stereocenters. The maximum atomic E-state index is 13.1. The lowest BCUT2D eigenvalue weighted by Crippen LogP contribution is -2.43. The molecule has 0 saturated carbocycles. The summed E-state index contributed by atoms with van der Waals surface area (Å²) in [5.74, 6) is 1.26. The first kappa shape index (κ1) is 21.2. The predicted octanol–water partition coefficient (Wildman–Crippen LogP) is 3.72. The zero-order valence-corrected chi connectivity index (χ0v) is 16.8. The minimum atomic E-state index is -0.405. The lowest BCUT2D eigenvalue weighted by atomic mass is 9.78. The number of allylic oxidation sites excluding steroid dienone is 1. The zero-order chi connectivity index (χ0) is 18.9. The average Bonchev–Trinajstić information content (AvgIpc) is 2.59. The van der Waals surface area contributed by atoms with E-state index < -0.39 is 6.29 Å². The molecule has 0 aromatic rings. The van der Waals surface area contributed by atoms with Crippen LogP contribution in [0.5, 0.6) is 0 Å². The maximum Gasteiger partial charge on any atom is 0.288 e. The number of amides is 1. The van der Waals surface area contributed by atoms with Gasteiger partial charge in [-0.15, -0.1) is 0 Å². The molecule has 0 bridgehead atoms. The third-order valence-electron chi connectivity index (χ3n) is 5.58. The molecule has 150 valence electrons. The first-order valence-corrected chi connectivity index (χ1v) is 10.5. The first-order valence-electron chi connectivity index (χ1n) is 10.5. The summed E-state index contributed by atoms with van der Waals surface area (Å²) < 4.78 is 11.9. The van der Waals surface area contributed by atoms with Crippen LogP contribution in [-0.2, 0) is 14.3 Å². The van der Waals surface area contributed by atoms with Crippen LogP contribution in [0.15, 0.2) is 11.8 Å². The van der Waals surface area contributed by atoms with Gasteiger partial charge in [0.25, 0.3) is 5.91 Å². The zero-order valence-electron chi connectivity index (χ0n) is 16.8. The van der Waals surface area contributed by atoms with Crippen molar-refractivity contribution in [3.8, 4) is 0 Å². The molecule has 26 heavy (non-hydrogen) atoms. The summed E-state index contributed by atoms with van der Waals surface area (Å²) in [6, 6.07) is 0. The highest BCUT2D eigenvalue weighted by molar-refractivity contribution is 5.91. The summed E-state index contributed by atoms with van der Waals surface area (Å²) in [5, 5.41) is 9.24. The molecule has 0 aliphatic carbocycles. The van der Waals surface area contributed by atoms with Gasteiger partial charge in [-0.1, -0.05) is 33.1 Å². The Balaban J connectivity index is 2.18. The molecular formula is C21H37NO4. The largest absolute Gasteiger partial charge is 0.459 e. The molecular weight excluding hydrogens is 330 g/mol. The lowest BCUT2D eigenvalue weighted by molar-refractivity contribution is -0.178. The van der Waals surface area contributed by atoms with Crippen LogP contribution >= 0.6 is 0 Å². The van der Waals surface area contributed by atoms with Gasteiger partial charge in [-0.05, 0) is 50.5 Å². The van der Waals surface area contributed by atoms with Gasteiger partial charge in [0, 0.05) is 32.2 Å². The molecule has 2 heterocycles. The summed E-state index contributed by atoms with van der Waals surface area (Å²) in [6.45, 7) is 8.67. The van der Waals surface area contributed by atoms with Crippen LogP contribution in [0, 0.1) is 17.8 Å². The lowest BCUT2D eigenvalue weighted by Gasteiger charge is -2.39. The fourth-order valence-electron chi connectivity index (χ4n) is 4.12. The van der Waals surface area contributed by atoms with E-state index in [9.17, 15) is 9.90 Å². The van der Waals surface area contributed by atoms with Gasteiger partial charge < -0.3 is 19.5 Å². The molecule has 3 unspecified atom stereocenters. The number of ether oxygens (including phenoxy) is 2. The third-order valence-corrected chi connectivity index (χ3v) is 5.58. The molecule has 0 aromatic carbocycles. The maximum absolute atomic E-state index is 13.1. The predicted molar refractivity (Wildman–Crippen MR) is 102 cm³/mol. The molecule has 2 aliphatic rings. The molecule has 0 aromatic heterocycles. The van der Waals surface area contributed by atoms with Gasteiger partial charge in [0.15, 0.2) is 5.76 Å². The van der Waals surface area contributed by atoms with Gasteiger partial charge in [0.1, 0.15) is 0 Å². The second-order valence-corrected chi connectivity index (χ2v) is 7.88. The van der Waals surface area contributed by atoms with Crippen molar-refractivity contribution in [3.05, 3.63) is 11.8 Å². The van der Waals surface area contributed by atoms with E-state index in [2.05, 4.69) is 13.8 Å². The van der Waals surface area contributed by atoms with Crippen LogP contribution in [0.4, 0.5) is 0 Å². The van der Waals surface area contributed by atoms with E-state index in [4.69, 9.17) is 9.47 Å². The van der Waals surface area contributed by atoms with E-state index in [0.29, 0.717) is 18.3 Å². The van der Waals surface area contributed by atoms with Crippen LogP contribution in [-0.4, -0.2) is 48.5 Å². The molecule has 1 N–H and O–H groups in total. The minimum Gasteiger partial charge on any atom is -0.459 e.